The summed E-state index contributed by atoms with van der Waals surface area (Å²) >= 11 is 6.14. The molecule has 0 saturated carbocycles. The Labute approximate surface area is 106 Å². The molecule has 0 radical (unpaired) electrons. The Balaban J connectivity index is 2.17. The van der Waals surface area contributed by atoms with Crippen molar-refractivity contribution in [1.29, 1.82) is 0 Å². The second-order valence-electron chi connectivity index (χ2n) is 3.93. The van der Waals surface area contributed by atoms with Gasteiger partial charge >= 0.3 is 0 Å². The number of halogens is 1. The smallest absolute Gasteiger partial charge is 0.145 e. The van der Waals surface area contributed by atoms with Crippen LogP contribution in [-0.4, -0.2) is 9.97 Å². The van der Waals surface area contributed by atoms with Gasteiger partial charge in [-0.1, -0.05) is 29.8 Å². The number of aryl methyl sites for hydroxylation is 1. The number of hydrogen-bond acceptors (Lipinski definition) is 3. The molecule has 0 aliphatic heterocycles. The lowest BCUT2D eigenvalue weighted by Crippen LogP contribution is -2.09. The highest BCUT2D eigenvalue weighted by atomic mass is 35.5. The van der Waals surface area contributed by atoms with Crippen LogP contribution in [0.15, 0.2) is 36.7 Å². The van der Waals surface area contributed by atoms with Crippen molar-refractivity contribution in [3.63, 3.8) is 0 Å². The minimum Gasteiger partial charge on any atom is -0.362 e. The summed E-state index contributed by atoms with van der Waals surface area (Å²) in [5.41, 5.74) is 1.94. The molecule has 0 spiro atoms. The van der Waals surface area contributed by atoms with E-state index in [0.717, 1.165) is 22.1 Å². The van der Waals surface area contributed by atoms with Crippen LogP contribution in [0.2, 0.25) is 5.02 Å². The Morgan fingerprint density at radius 3 is 2.71 bits per heavy atom. The van der Waals surface area contributed by atoms with E-state index in [0.29, 0.717) is 0 Å². The summed E-state index contributed by atoms with van der Waals surface area (Å²) in [6, 6.07) is 7.88. The third-order valence-corrected chi connectivity index (χ3v) is 2.84. The van der Waals surface area contributed by atoms with Gasteiger partial charge in [-0.2, -0.15) is 0 Å². The molecule has 4 heteroatoms. The summed E-state index contributed by atoms with van der Waals surface area (Å²) < 4.78 is 0. The maximum Gasteiger partial charge on any atom is 0.145 e. The number of nitrogens with one attached hydrogen (secondary N) is 1. The third-order valence-electron chi connectivity index (χ3n) is 2.49. The summed E-state index contributed by atoms with van der Waals surface area (Å²) in [5.74, 6) is 0.761. The van der Waals surface area contributed by atoms with Crippen molar-refractivity contribution >= 4 is 17.4 Å². The van der Waals surface area contributed by atoms with Crippen LogP contribution in [0.1, 0.15) is 24.2 Å². The maximum absolute atomic E-state index is 6.14. The average Bonchev–Trinajstić information content (AvgIpc) is 2.29. The molecule has 1 atom stereocenters. The lowest BCUT2D eigenvalue weighted by molar-refractivity contribution is 0.868. The molecule has 1 unspecified atom stereocenters. The van der Waals surface area contributed by atoms with Gasteiger partial charge < -0.3 is 5.32 Å². The van der Waals surface area contributed by atoms with E-state index >= 15 is 0 Å². The van der Waals surface area contributed by atoms with Gasteiger partial charge in [0.05, 0.1) is 17.9 Å². The van der Waals surface area contributed by atoms with Crippen molar-refractivity contribution < 1.29 is 0 Å². The fraction of sp³-hybridized carbons (Fsp3) is 0.231. The number of hydrogen-bond donors (Lipinski definition) is 1. The minimum absolute atomic E-state index is 0.0970. The van der Waals surface area contributed by atoms with E-state index < -0.39 is 0 Å². The average molecular weight is 248 g/mol. The van der Waals surface area contributed by atoms with Gasteiger partial charge in [0.25, 0.3) is 0 Å². The van der Waals surface area contributed by atoms with Crippen molar-refractivity contribution in [3.8, 4) is 0 Å². The quantitative estimate of drug-likeness (QED) is 0.900. The van der Waals surface area contributed by atoms with Gasteiger partial charge in [0.1, 0.15) is 5.82 Å². The largest absolute Gasteiger partial charge is 0.362 e. The van der Waals surface area contributed by atoms with Crippen molar-refractivity contribution in [2.24, 2.45) is 0 Å². The van der Waals surface area contributed by atoms with Gasteiger partial charge in [0.2, 0.25) is 0 Å². The van der Waals surface area contributed by atoms with Crippen LogP contribution >= 0.6 is 11.6 Å². The molecule has 1 aromatic carbocycles. The predicted octanol–water partition coefficient (Wildman–Crippen LogP) is 3.61. The van der Waals surface area contributed by atoms with Crippen LogP contribution in [-0.2, 0) is 0 Å². The van der Waals surface area contributed by atoms with E-state index in [1.54, 1.807) is 12.4 Å². The maximum atomic E-state index is 6.14. The summed E-state index contributed by atoms with van der Waals surface area (Å²) in [6.45, 7) is 3.96. The number of benzene rings is 1. The van der Waals surface area contributed by atoms with E-state index in [2.05, 4.69) is 15.3 Å². The highest BCUT2D eigenvalue weighted by molar-refractivity contribution is 6.31. The lowest BCUT2D eigenvalue weighted by Gasteiger charge is -2.16. The topological polar surface area (TPSA) is 37.8 Å². The molecular weight excluding hydrogens is 234 g/mol. The van der Waals surface area contributed by atoms with Crippen LogP contribution < -0.4 is 5.32 Å². The molecule has 1 N–H and O–H groups in total. The highest BCUT2D eigenvalue weighted by Crippen LogP contribution is 2.24. The normalized spacial score (nSPS) is 12.2. The Kier molecular flexibility index (Phi) is 3.59. The number of anilines is 1. The van der Waals surface area contributed by atoms with E-state index in [-0.39, 0.29) is 6.04 Å². The predicted molar refractivity (Wildman–Crippen MR) is 70.3 cm³/mol. The zero-order valence-corrected chi connectivity index (χ0v) is 10.6. The van der Waals surface area contributed by atoms with E-state index in [1.807, 2.05) is 38.1 Å². The molecule has 0 fully saturated rings. The first-order valence-corrected chi connectivity index (χ1v) is 5.84. The van der Waals surface area contributed by atoms with Crippen molar-refractivity contribution in [3.05, 3.63) is 52.9 Å². The molecule has 0 saturated heterocycles. The van der Waals surface area contributed by atoms with Crippen LogP contribution in [0.4, 0.5) is 5.82 Å². The second kappa shape index (κ2) is 5.15. The summed E-state index contributed by atoms with van der Waals surface area (Å²) in [7, 11) is 0. The SMILES string of the molecule is Cc1cncc(NC(C)c2ccccc2Cl)n1. The molecule has 0 aliphatic rings. The molecule has 0 bridgehead atoms. The van der Waals surface area contributed by atoms with Gasteiger partial charge in [-0.3, -0.25) is 4.98 Å². The monoisotopic (exact) mass is 247 g/mol. The summed E-state index contributed by atoms with van der Waals surface area (Å²) in [5, 5.41) is 4.04. The zero-order chi connectivity index (χ0) is 12.3. The highest BCUT2D eigenvalue weighted by Gasteiger charge is 2.09. The van der Waals surface area contributed by atoms with Gasteiger partial charge in [-0.25, -0.2) is 4.98 Å². The molecule has 0 amide bonds. The van der Waals surface area contributed by atoms with Crippen LogP contribution in [0.5, 0.6) is 0 Å². The minimum atomic E-state index is 0.0970. The lowest BCUT2D eigenvalue weighted by atomic mass is 10.1. The fourth-order valence-corrected chi connectivity index (χ4v) is 1.96. The molecule has 3 nitrogen and oxygen atoms in total. The zero-order valence-electron chi connectivity index (χ0n) is 9.81. The Bertz CT molecular complexity index is 514. The van der Waals surface area contributed by atoms with Crippen molar-refractivity contribution in [2.45, 2.75) is 19.9 Å². The van der Waals surface area contributed by atoms with Crippen LogP contribution in [0, 0.1) is 6.92 Å². The molecular formula is C13H14ClN3. The third kappa shape index (κ3) is 2.94. The fourth-order valence-electron chi connectivity index (χ4n) is 1.66. The first-order chi connectivity index (χ1) is 8.16. The molecule has 2 aromatic rings. The van der Waals surface area contributed by atoms with Crippen molar-refractivity contribution in [1.82, 2.24) is 9.97 Å². The van der Waals surface area contributed by atoms with Gasteiger partial charge in [-0.05, 0) is 25.5 Å². The Morgan fingerprint density at radius 2 is 2.00 bits per heavy atom. The first kappa shape index (κ1) is 11.9. The van der Waals surface area contributed by atoms with Crippen LogP contribution in [0.25, 0.3) is 0 Å². The number of rotatable bonds is 3. The van der Waals surface area contributed by atoms with Crippen LogP contribution in [0.3, 0.4) is 0 Å². The number of aromatic nitrogens is 2. The second-order valence-corrected chi connectivity index (χ2v) is 4.34. The number of nitrogens with zero attached hydrogens (tertiary/aromatic N) is 2. The summed E-state index contributed by atoms with van der Waals surface area (Å²) in [4.78, 5) is 8.45. The van der Waals surface area contributed by atoms with Gasteiger partial charge in [0.15, 0.2) is 0 Å². The first-order valence-electron chi connectivity index (χ1n) is 5.46. The molecule has 17 heavy (non-hydrogen) atoms. The Morgan fingerprint density at radius 1 is 1.24 bits per heavy atom. The van der Waals surface area contributed by atoms with E-state index in [4.69, 9.17) is 11.6 Å². The van der Waals surface area contributed by atoms with E-state index in [1.165, 1.54) is 0 Å². The van der Waals surface area contributed by atoms with Crippen molar-refractivity contribution in [2.75, 3.05) is 5.32 Å². The molecule has 0 aliphatic carbocycles. The molecule has 1 heterocycles. The standard InChI is InChI=1S/C13H14ClN3/c1-9-7-15-8-13(16-9)17-10(2)11-5-3-4-6-12(11)14/h3-8,10H,1-2H3,(H,16,17). The summed E-state index contributed by atoms with van der Waals surface area (Å²) in [6.07, 6.45) is 3.44. The Hall–Kier alpha value is -1.61. The van der Waals surface area contributed by atoms with Gasteiger partial charge in [0, 0.05) is 11.2 Å². The molecule has 1 aromatic heterocycles. The molecule has 88 valence electrons. The van der Waals surface area contributed by atoms with Gasteiger partial charge in [-0.15, -0.1) is 0 Å². The molecule has 2 rings (SSSR count). The van der Waals surface area contributed by atoms with E-state index in [9.17, 15) is 0 Å².